The molecule has 0 aromatic heterocycles. The molecule has 1 heterocycles. The van der Waals surface area contributed by atoms with Crippen molar-refractivity contribution < 1.29 is 19.1 Å². The molecule has 9 heteroatoms. The number of hydrogen-bond acceptors (Lipinski definition) is 5. The number of nitrogens with zero attached hydrogens (tertiary/aromatic N) is 1. The zero-order valence-corrected chi connectivity index (χ0v) is 25.4. The van der Waals surface area contributed by atoms with E-state index in [1.165, 1.54) is 7.11 Å². The van der Waals surface area contributed by atoms with Crippen LogP contribution in [0.1, 0.15) is 59.9 Å². The minimum Gasteiger partial charge on any atom is -0.465 e. The molecule has 0 radical (unpaired) electrons. The SMILES string of the molecule is COC(=O)c1ccc(NC(=O)c2ccc(C(C)(C)C)cc2)cc1NC1CCCN(C(=O)Nc2ccc(I)cc2)C1. The number of carbonyl (C=O) groups is 3. The van der Waals surface area contributed by atoms with E-state index in [-0.39, 0.29) is 23.4 Å². The Kier molecular flexibility index (Phi) is 9.34. The van der Waals surface area contributed by atoms with Crippen molar-refractivity contribution >= 4 is 57.6 Å². The fourth-order valence-electron chi connectivity index (χ4n) is 4.59. The molecule has 0 saturated carbocycles. The van der Waals surface area contributed by atoms with Gasteiger partial charge in [-0.25, -0.2) is 9.59 Å². The summed E-state index contributed by atoms with van der Waals surface area (Å²) in [5, 5.41) is 9.31. The lowest BCUT2D eigenvalue weighted by Crippen LogP contribution is -2.47. The molecule has 3 amide bonds. The lowest BCUT2D eigenvalue weighted by atomic mass is 9.87. The topological polar surface area (TPSA) is 99.8 Å². The van der Waals surface area contributed by atoms with Crippen LogP contribution >= 0.6 is 22.6 Å². The van der Waals surface area contributed by atoms with E-state index in [1.54, 1.807) is 23.1 Å². The van der Waals surface area contributed by atoms with Gasteiger partial charge in [-0.2, -0.15) is 0 Å². The summed E-state index contributed by atoms with van der Waals surface area (Å²) in [6.45, 7) is 7.49. The number of methoxy groups -OCH3 is 1. The molecular formula is C31H35IN4O4. The summed E-state index contributed by atoms with van der Waals surface area (Å²) in [6, 6.07) is 20.0. The van der Waals surface area contributed by atoms with Gasteiger partial charge in [0.15, 0.2) is 0 Å². The summed E-state index contributed by atoms with van der Waals surface area (Å²) < 4.78 is 6.08. The van der Waals surface area contributed by atoms with E-state index >= 15 is 0 Å². The van der Waals surface area contributed by atoms with Crippen LogP contribution in [-0.4, -0.2) is 49.0 Å². The van der Waals surface area contributed by atoms with Crippen molar-refractivity contribution in [2.45, 2.75) is 45.1 Å². The van der Waals surface area contributed by atoms with Gasteiger partial charge in [-0.15, -0.1) is 0 Å². The van der Waals surface area contributed by atoms with Crippen LogP contribution in [0.4, 0.5) is 21.9 Å². The molecule has 0 aliphatic carbocycles. The first kappa shape index (κ1) is 29.4. The van der Waals surface area contributed by atoms with Crippen LogP contribution in [0.3, 0.4) is 0 Å². The van der Waals surface area contributed by atoms with E-state index in [0.29, 0.717) is 35.6 Å². The molecule has 1 unspecified atom stereocenters. The smallest absolute Gasteiger partial charge is 0.339 e. The maximum Gasteiger partial charge on any atom is 0.339 e. The predicted octanol–water partition coefficient (Wildman–Crippen LogP) is 6.74. The highest BCUT2D eigenvalue weighted by Gasteiger charge is 2.25. The zero-order chi connectivity index (χ0) is 28.9. The zero-order valence-electron chi connectivity index (χ0n) is 23.2. The number of urea groups is 1. The van der Waals surface area contributed by atoms with Gasteiger partial charge < -0.3 is 25.6 Å². The highest BCUT2D eigenvalue weighted by molar-refractivity contribution is 14.1. The molecule has 3 aromatic rings. The van der Waals surface area contributed by atoms with Crippen molar-refractivity contribution in [3.05, 3.63) is 87.0 Å². The highest BCUT2D eigenvalue weighted by atomic mass is 127. The summed E-state index contributed by atoms with van der Waals surface area (Å²) in [7, 11) is 1.33. The van der Waals surface area contributed by atoms with Crippen molar-refractivity contribution in [3.63, 3.8) is 0 Å². The molecule has 3 aromatic carbocycles. The number of hydrogen-bond donors (Lipinski definition) is 3. The van der Waals surface area contributed by atoms with E-state index in [9.17, 15) is 14.4 Å². The molecule has 1 atom stereocenters. The summed E-state index contributed by atoms with van der Waals surface area (Å²) in [5.74, 6) is -0.726. The molecule has 8 nitrogen and oxygen atoms in total. The number of piperidine rings is 1. The molecule has 1 fully saturated rings. The van der Waals surface area contributed by atoms with Crippen LogP contribution in [0.25, 0.3) is 0 Å². The number of amides is 3. The van der Waals surface area contributed by atoms with E-state index in [1.807, 2.05) is 48.5 Å². The number of ether oxygens (including phenoxy) is 1. The second kappa shape index (κ2) is 12.7. The number of carbonyl (C=O) groups excluding carboxylic acids is 3. The first-order chi connectivity index (χ1) is 19.0. The first-order valence-electron chi connectivity index (χ1n) is 13.3. The number of halogens is 1. The highest BCUT2D eigenvalue weighted by Crippen LogP contribution is 2.26. The third-order valence-electron chi connectivity index (χ3n) is 6.86. The van der Waals surface area contributed by atoms with E-state index in [4.69, 9.17) is 4.74 Å². The average Bonchev–Trinajstić information content (AvgIpc) is 2.94. The first-order valence-corrected chi connectivity index (χ1v) is 14.3. The van der Waals surface area contributed by atoms with Gasteiger partial charge in [-0.1, -0.05) is 32.9 Å². The van der Waals surface area contributed by atoms with E-state index in [2.05, 4.69) is 59.3 Å². The average molecular weight is 655 g/mol. The van der Waals surface area contributed by atoms with Gasteiger partial charge in [0, 0.05) is 39.6 Å². The van der Waals surface area contributed by atoms with Crippen molar-refractivity contribution in [2.75, 3.05) is 36.1 Å². The summed E-state index contributed by atoms with van der Waals surface area (Å²) in [4.78, 5) is 40.2. The van der Waals surface area contributed by atoms with Gasteiger partial charge >= 0.3 is 12.0 Å². The van der Waals surface area contributed by atoms with Crippen molar-refractivity contribution in [1.82, 2.24) is 4.90 Å². The third-order valence-corrected chi connectivity index (χ3v) is 7.58. The Morgan fingerprint density at radius 2 is 1.60 bits per heavy atom. The number of nitrogens with one attached hydrogen (secondary N) is 3. The monoisotopic (exact) mass is 654 g/mol. The Bertz CT molecular complexity index is 1370. The molecule has 1 aliphatic heterocycles. The molecule has 1 saturated heterocycles. The number of likely N-dealkylation sites (tertiary alicyclic amines) is 1. The molecule has 0 bridgehead atoms. The number of esters is 1. The quantitative estimate of drug-likeness (QED) is 0.202. The number of benzene rings is 3. The van der Waals surface area contributed by atoms with Crippen LogP contribution in [0.15, 0.2) is 66.7 Å². The molecule has 210 valence electrons. The van der Waals surface area contributed by atoms with Gasteiger partial charge in [0.25, 0.3) is 5.91 Å². The van der Waals surface area contributed by atoms with Crippen molar-refractivity contribution in [3.8, 4) is 0 Å². The third kappa shape index (κ3) is 7.53. The normalized spacial score (nSPS) is 15.2. The maximum atomic E-state index is 13.0. The summed E-state index contributed by atoms with van der Waals surface area (Å²) in [5.41, 5.74) is 3.87. The molecule has 4 rings (SSSR count). The van der Waals surface area contributed by atoms with Crippen LogP contribution in [-0.2, 0) is 10.2 Å². The predicted molar refractivity (Wildman–Crippen MR) is 167 cm³/mol. The molecule has 1 aliphatic rings. The summed E-state index contributed by atoms with van der Waals surface area (Å²) in [6.07, 6.45) is 1.64. The molecule has 3 N–H and O–H groups in total. The molecular weight excluding hydrogens is 619 g/mol. The largest absolute Gasteiger partial charge is 0.465 e. The number of rotatable bonds is 6. The van der Waals surface area contributed by atoms with Crippen molar-refractivity contribution in [2.24, 2.45) is 0 Å². The van der Waals surface area contributed by atoms with Gasteiger partial charge in [0.05, 0.1) is 18.4 Å². The van der Waals surface area contributed by atoms with Crippen LogP contribution in [0, 0.1) is 3.57 Å². The Morgan fingerprint density at radius 1 is 0.925 bits per heavy atom. The van der Waals surface area contributed by atoms with Gasteiger partial charge in [-0.3, -0.25) is 4.79 Å². The van der Waals surface area contributed by atoms with Crippen LogP contribution in [0.5, 0.6) is 0 Å². The van der Waals surface area contributed by atoms with Crippen molar-refractivity contribution in [1.29, 1.82) is 0 Å². The molecule has 0 spiro atoms. The minimum atomic E-state index is -0.484. The minimum absolute atomic E-state index is 0.00490. The van der Waals surface area contributed by atoms with E-state index in [0.717, 1.165) is 27.7 Å². The second-order valence-corrected chi connectivity index (χ2v) is 12.1. The Balaban J connectivity index is 1.47. The standard InChI is InChI=1S/C31H35IN4O4/c1-31(2,3)21-9-7-20(8-10-21)28(37)34-24-15-16-26(29(38)40-4)27(18-24)33-25-6-5-17-36(19-25)30(39)35-23-13-11-22(32)12-14-23/h7-16,18,25,33H,5-6,17,19H2,1-4H3,(H,34,37)(H,35,39). The van der Waals surface area contributed by atoms with Crippen LogP contribution < -0.4 is 16.0 Å². The van der Waals surface area contributed by atoms with Gasteiger partial charge in [0.2, 0.25) is 0 Å². The Hall–Kier alpha value is -3.60. The Labute approximate surface area is 249 Å². The lowest BCUT2D eigenvalue weighted by molar-refractivity contribution is 0.0601. The van der Waals surface area contributed by atoms with Gasteiger partial charge in [-0.05, 0) is 101 Å². The fraction of sp³-hybridized carbons (Fsp3) is 0.323. The van der Waals surface area contributed by atoms with Gasteiger partial charge in [0.1, 0.15) is 0 Å². The maximum absolute atomic E-state index is 13.0. The van der Waals surface area contributed by atoms with Crippen LogP contribution in [0.2, 0.25) is 0 Å². The van der Waals surface area contributed by atoms with E-state index < -0.39 is 5.97 Å². The second-order valence-electron chi connectivity index (χ2n) is 10.9. The number of anilines is 3. The summed E-state index contributed by atoms with van der Waals surface area (Å²) >= 11 is 2.22. The Morgan fingerprint density at radius 3 is 2.25 bits per heavy atom. The fourth-order valence-corrected chi connectivity index (χ4v) is 4.95. The lowest BCUT2D eigenvalue weighted by Gasteiger charge is -2.34. The molecule has 40 heavy (non-hydrogen) atoms.